The standard InChI is InChI=1S/C29H33FIN3O4S/c1-4-21(2)32-29(36)27(18-22-8-6-5-7-9-22)33(19-23-10-12-24(30)13-11-23)28(35)20-34(39(3,37)38)26-16-14-25(31)15-17-26/h5-17,21,27H,4,18-20H2,1-3H3,(H,32,36). The molecule has 208 valence electrons. The first-order valence-electron chi connectivity index (χ1n) is 12.6. The van der Waals surface area contributed by atoms with Crippen LogP contribution in [0.2, 0.25) is 0 Å². The van der Waals surface area contributed by atoms with Crippen LogP contribution in [0.25, 0.3) is 0 Å². The predicted molar refractivity (Wildman–Crippen MR) is 160 cm³/mol. The number of nitrogens with one attached hydrogen (secondary N) is 1. The van der Waals surface area contributed by atoms with Crippen molar-refractivity contribution in [2.45, 2.75) is 45.3 Å². The van der Waals surface area contributed by atoms with Crippen molar-refractivity contribution < 1.29 is 22.4 Å². The fraction of sp³-hybridized carbons (Fsp3) is 0.310. The number of carbonyl (C=O) groups excluding carboxylic acids is 2. The second-order valence-corrected chi connectivity index (χ2v) is 12.6. The normalized spacial score (nSPS) is 12.8. The third kappa shape index (κ3) is 9.03. The van der Waals surface area contributed by atoms with Crippen molar-refractivity contribution in [3.63, 3.8) is 0 Å². The van der Waals surface area contributed by atoms with Gasteiger partial charge in [0, 0.05) is 22.6 Å². The van der Waals surface area contributed by atoms with Crippen molar-refractivity contribution in [3.05, 3.63) is 99.4 Å². The first kappa shape index (κ1) is 30.6. The second kappa shape index (κ2) is 13.9. The van der Waals surface area contributed by atoms with Gasteiger partial charge in [-0.25, -0.2) is 12.8 Å². The van der Waals surface area contributed by atoms with E-state index in [0.717, 1.165) is 19.7 Å². The van der Waals surface area contributed by atoms with E-state index in [1.807, 2.05) is 44.2 Å². The van der Waals surface area contributed by atoms with Crippen LogP contribution in [0.5, 0.6) is 0 Å². The summed E-state index contributed by atoms with van der Waals surface area (Å²) in [6.07, 6.45) is 1.96. The van der Waals surface area contributed by atoms with E-state index in [0.29, 0.717) is 17.7 Å². The summed E-state index contributed by atoms with van der Waals surface area (Å²) in [5.41, 5.74) is 1.80. The van der Waals surface area contributed by atoms with Gasteiger partial charge in [0.25, 0.3) is 0 Å². The summed E-state index contributed by atoms with van der Waals surface area (Å²) in [6.45, 7) is 3.33. The Morgan fingerprint density at radius 3 is 2.13 bits per heavy atom. The van der Waals surface area contributed by atoms with Crippen molar-refractivity contribution in [3.8, 4) is 0 Å². The summed E-state index contributed by atoms with van der Waals surface area (Å²) < 4.78 is 41.2. The zero-order valence-electron chi connectivity index (χ0n) is 22.2. The summed E-state index contributed by atoms with van der Waals surface area (Å²) in [7, 11) is -3.83. The minimum Gasteiger partial charge on any atom is -0.352 e. The van der Waals surface area contributed by atoms with Gasteiger partial charge < -0.3 is 10.2 Å². The minimum absolute atomic E-state index is 0.00513. The summed E-state index contributed by atoms with van der Waals surface area (Å²) in [6, 6.07) is 20.7. The topological polar surface area (TPSA) is 86.8 Å². The van der Waals surface area contributed by atoms with E-state index in [9.17, 15) is 22.4 Å². The molecular formula is C29H33FIN3O4S. The highest BCUT2D eigenvalue weighted by atomic mass is 127. The predicted octanol–water partition coefficient (Wildman–Crippen LogP) is 4.75. The lowest BCUT2D eigenvalue weighted by molar-refractivity contribution is -0.140. The Labute approximate surface area is 243 Å². The van der Waals surface area contributed by atoms with Crippen LogP contribution in [-0.2, 0) is 32.6 Å². The molecule has 2 unspecified atom stereocenters. The Morgan fingerprint density at radius 1 is 0.949 bits per heavy atom. The van der Waals surface area contributed by atoms with E-state index in [2.05, 4.69) is 27.9 Å². The number of hydrogen-bond donors (Lipinski definition) is 1. The Hall–Kier alpha value is -2.99. The highest BCUT2D eigenvalue weighted by molar-refractivity contribution is 14.1. The van der Waals surface area contributed by atoms with E-state index in [-0.39, 0.29) is 24.9 Å². The van der Waals surface area contributed by atoms with E-state index in [1.54, 1.807) is 36.4 Å². The van der Waals surface area contributed by atoms with E-state index in [1.165, 1.54) is 17.0 Å². The molecule has 10 heteroatoms. The molecule has 0 saturated carbocycles. The van der Waals surface area contributed by atoms with Crippen LogP contribution < -0.4 is 9.62 Å². The number of nitrogens with zero attached hydrogens (tertiary/aromatic N) is 2. The molecule has 0 saturated heterocycles. The van der Waals surface area contributed by atoms with Crippen molar-refractivity contribution in [2.24, 2.45) is 0 Å². The van der Waals surface area contributed by atoms with Crippen LogP contribution in [0.4, 0.5) is 10.1 Å². The van der Waals surface area contributed by atoms with Gasteiger partial charge in [0.2, 0.25) is 21.8 Å². The zero-order valence-corrected chi connectivity index (χ0v) is 25.2. The molecule has 0 aromatic heterocycles. The van der Waals surface area contributed by atoms with Crippen LogP contribution in [0.3, 0.4) is 0 Å². The molecule has 0 bridgehead atoms. The molecule has 7 nitrogen and oxygen atoms in total. The average Bonchev–Trinajstić information content (AvgIpc) is 2.90. The quantitative estimate of drug-likeness (QED) is 0.283. The van der Waals surface area contributed by atoms with Gasteiger partial charge in [-0.3, -0.25) is 13.9 Å². The zero-order chi connectivity index (χ0) is 28.6. The highest BCUT2D eigenvalue weighted by Crippen LogP contribution is 2.21. The molecule has 39 heavy (non-hydrogen) atoms. The average molecular weight is 666 g/mol. The minimum atomic E-state index is -3.83. The van der Waals surface area contributed by atoms with E-state index in [4.69, 9.17) is 0 Å². The Kier molecular flexibility index (Phi) is 10.9. The highest BCUT2D eigenvalue weighted by Gasteiger charge is 2.33. The number of sulfonamides is 1. The molecule has 2 atom stereocenters. The number of rotatable bonds is 12. The summed E-state index contributed by atoms with van der Waals surface area (Å²) in [5.74, 6) is -1.32. The molecular weight excluding hydrogens is 632 g/mol. The van der Waals surface area contributed by atoms with Crippen LogP contribution >= 0.6 is 22.6 Å². The van der Waals surface area contributed by atoms with Gasteiger partial charge in [-0.1, -0.05) is 49.4 Å². The Morgan fingerprint density at radius 2 is 1.56 bits per heavy atom. The molecule has 0 aliphatic carbocycles. The number of halogens is 2. The second-order valence-electron chi connectivity index (χ2n) is 9.42. The maximum absolute atomic E-state index is 14.0. The van der Waals surface area contributed by atoms with E-state index < -0.39 is 34.3 Å². The number of benzene rings is 3. The van der Waals surface area contributed by atoms with Crippen molar-refractivity contribution in [1.29, 1.82) is 0 Å². The van der Waals surface area contributed by atoms with Crippen LogP contribution in [0.1, 0.15) is 31.4 Å². The molecule has 1 N–H and O–H groups in total. The summed E-state index contributed by atoms with van der Waals surface area (Å²) in [5, 5.41) is 2.98. The molecule has 0 aliphatic rings. The van der Waals surface area contributed by atoms with Crippen LogP contribution in [0, 0.1) is 9.39 Å². The number of hydrogen-bond acceptors (Lipinski definition) is 4. The van der Waals surface area contributed by atoms with Crippen LogP contribution in [0.15, 0.2) is 78.9 Å². The number of amides is 2. The molecule has 0 radical (unpaired) electrons. The van der Waals surface area contributed by atoms with Crippen molar-refractivity contribution in [2.75, 3.05) is 17.1 Å². The first-order valence-corrected chi connectivity index (χ1v) is 15.5. The third-order valence-corrected chi connectivity index (χ3v) is 8.19. The van der Waals surface area contributed by atoms with Gasteiger partial charge >= 0.3 is 0 Å². The molecule has 3 aromatic rings. The fourth-order valence-electron chi connectivity index (χ4n) is 4.00. The SMILES string of the molecule is CCC(C)NC(=O)C(Cc1ccccc1)N(Cc1ccc(F)cc1)C(=O)CN(c1ccc(I)cc1)S(C)(=O)=O. The Bertz CT molecular complexity index is 1350. The van der Waals surface area contributed by atoms with Gasteiger partial charge in [-0.2, -0.15) is 0 Å². The smallest absolute Gasteiger partial charge is 0.244 e. The summed E-state index contributed by atoms with van der Waals surface area (Å²) in [4.78, 5) is 29.0. The van der Waals surface area contributed by atoms with Gasteiger partial charge in [-0.15, -0.1) is 0 Å². The van der Waals surface area contributed by atoms with Gasteiger partial charge in [0.15, 0.2) is 0 Å². The lowest BCUT2D eigenvalue weighted by Crippen LogP contribution is -2.54. The Balaban J connectivity index is 2.04. The number of anilines is 1. The molecule has 0 aliphatic heterocycles. The largest absolute Gasteiger partial charge is 0.352 e. The molecule has 0 heterocycles. The van der Waals surface area contributed by atoms with E-state index >= 15 is 0 Å². The lowest BCUT2D eigenvalue weighted by Gasteiger charge is -2.34. The maximum atomic E-state index is 14.0. The van der Waals surface area contributed by atoms with Gasteiger partial charge in [0.05, 0.1) is 11.9 Å². The van der Waals surface area contributed by atoms with Crippen molar-refractivity contribution in [1.82, 2.24) is 10.2 Å². The molecule has 2 amide bonds. The fourth-order valence-corrected chi connectivity index (χ4v) is 5.21. The lowest BCUT2D eigenvalue weighted by atomic mass is 10.0. The van der Waals surface area contributed by atoms with Gasteiger partial charge in [-0.05, 0) is 83.5 Å². The third-order valence-electron chi connectivity index (χ3n) is 6.33. The maximum Gasteiger partial charge on any atom is 0.244 e. The molecule has 3 aromatic carbocycles. The van der Waals surface area contributed by atoms with Gasteiger partial charge in [0.1, 0.15) is 18.4 Å². The first-order chi connectivity index (χ1) is 18.5. The molecule has 0 spiro atoms. The summed E-state index contributed by atoms with van der Waals surface area (Å²) >= 11 is 2.12. The molecule has 0 fully saturated rings. The van der Waals surface area contributed by atoms with Crippen molar-refractivity contribution >= 4 is 50.1 Å². The monoisotopic (exact) mass is 665 g/mol. The number of carbonyl (C=O) groups is 2. The van der Waals surface area contributed by atoms with Crippen LogP contribution in [-0.4, -0.2) is 50.0 Å². The molecule has 3 rings (SSSR count).